The molecule has 0 unspecified atom stereocenters. The van der Waals surface area contributed by atoms with Crippen molar-refractivity contribution < 1.29 is 4.79 Å². The van der Waals surface area contributed by atoms with Gasteiger partial charge in [-0.2, -0.15) is 0 Å². The molecule has 3 rings (SSSR count). The van der Waals surface area contributed by atoms with E-state index >= 15 is 0 Å². The highest BCUT2D eigenvalue weighted by atomic mass is 16.2. The molecule has 1 aromatic heterocycles. The van der Waals surface area contributed by atoms with Crippen LogP contribution >= 0.6 is 0 Å². The number of aromatic nitrogens is 3. The van der Waals surface area contributed by atoms with Gasteiger partial charge < -0.3 is 15.5 Å². The average molecular weight is 342 g/mol. The first-order chi connectivity index (χ1) is 12.2. The van der Waals surface area contributed by atoms with Crippen molar-refractivity contribution in [2.45, 2.75) is 38.8 Å². The second-order valence-electron chi connectivity index (χ2n) is 6.49. The predicted molar refractivity (Wildman–Crippen MR) is 96.6 cm³/mol. The summed E-state index contributed by atoms with van der Waals surface area (Å²) in [6.45, 7) is 7.36. The molecule has 25 heavy (non-hydrogen) atoms. The molecule has 1 aliphatic rings. The van der Waals surface area contributed by atoms with Gasteiger partial charge in [0.25, 0.3) is 0 Å². The van der Waals surface area contributed by atoms with E-state index in [4.69, 9.17) is 0 Å². The minimum atomic E-state index is -0.0946. The number of piperidine rings is 1. The van der Waals surface area contributed by atoms with Crippen LogP contribution in [0.15, 0.2) is 36.7 Å². The van der Waals surface area contributed by atoms with E-state index in [1.807, 2.05) is 31.2 Å². The van der Waals surface area contributed by atoms with Gasteiger partial charge >= 0.3 is 6.03 Å². The van der Waals surface area contributed by atoms with Crippen molar-refractivity contribution >= 4 is 6.03 Å². The average Bonchev–Trinajstić information content (AvgIpc) is 3.17. The van der Waals surface area contributed by atoms with Crippen LogP contribution in [0.25, 0.3) is 5.69 Å². The minimum absolute atomic E-state index is 0.0551. The number of carbonyl (C=O) groups is 1. The fourth-order valence-corrected chi connectivity index (χ4v) is 3.16. The first-order valence-corrected chi connectivity index (χ1v) is 8.91. The standard InChI is InChI=1S/C18H26N6O/c1-3-23-11-8-16(9-12-23)21-18(25)20-14(2)15-4-6-17(7-5-15)24-13-10-19-22-24/h4-7,10,13-14,16H,3,8-9,11-12H2,1-2H3,(H2,20,21,25)/t14-/m1/s1. The Kier molecular flexibility index (Phi) is 5.65. The van der Waals surface area contributed by atoms with Gasteiger partial charge in [0.1, 0.15) is 0 Å². The summed E-state index contributed by atoms with van der Waals surface area (Å²) in [5.41, 5.74) is 2.00. The lowest BCUT2D eigenvalue weighted by atomic mass is 10.1. The van der Waals surface area contributed by atoms with Crippen molar-refractivity contribution in [2.75, 3.05) is 19.6 Å². The fourth-order valence-electron chi connectivity index (χ4n) is 3.16. The Morgan fingerprint density at radius 1 is 1.28 bits per heavy atom. The Bertz CT molecular complexity index is 661. The van der Waals surface area contributed by atoms with Gasteiger partial charge in [0.2, 0.25) is 0 Å². The zero-order valence-electron chi connectivity index (χ0n) is 14.9. The minimum Gasteiger partial charge on any atom is -0.335 e. The number of nitrogens with zero attached hydrogens (tertiary/aromatic N) is 4. The smallest absolute Gasteiger partial charge is 0.315 e. The molecule has 0 spiro atoms. The second kappa shape index (κ2) is 8.11. The maximum absolute atomic E-state index is 12.2. The number of rotatable bonds is 5. The topological polar surface area (TPSA) is 75.1 Å². The number of carbonyl (C=O) groups excluding carboxylic acids is 1. The number of amides is 2. The third-order valence-corrected chi connectivity index (χ3v) is 4.80. The van der Waals surface area contributed by atoms with E-state index in [0.717, 1.165) is 43.7 Å². The molecule has 1 aliphatic heterocycles. The molecule has 0 saturated carbocycles. The highest BCUT2D eigenvalue weighted by molar-refractivity contribution is 5.74. The largest absolute Gasteiger partial charge is 0.335 e. The highest BCUT2D eigenvalue weighted by Crippen LogP contribution is 2.15. The predicted octanol–water partition coefficient (Wildman–Crippen LogP) is 2.11. The molecule has 0 aliphatic carbocycles. The Morgan fingerprint density at radius 3 is 2.60 bits per heavy atom. The van der Waals surface area contributed by atoms with Crippen LogP contribution < -0.4 is 10.6 Å². The molecule has 1 fully saturated rings. The van der Waals surface area contributed by atoms with Gasteiger partial charge in [-0.1, -0.05) is 24.3 Å². The SMILES string of the molecule is CCN1CCC(NC(=O)N[C@H](C)c2ccc(-n3ccnn3)cc2)CC1. The first-order valence-electron chi connectivity index (χ1n) is 8.91. The summed E-state index contributed by atoms with van der Waals surface area (Å²) in [6.07, 6.45) is 5.48. The quantitative estimate of drug-likeness (QED) is 0.873. The van der Waals surface area contributed by atoms with E-state index in [2.05, 4.69) is 32.8 Å². The van der Waals surface area contributed by atoms with Gasteiger partial charge in [0, 0.05) is 19.1 Å². The van der Waals surface area contributed by atoms with Gasteiger partial charge in [-0.25, -0.2) is 9.48 Å². The Labute approximate surface area is 148 Å². The van der Waals surface area contributed by atoms with Crippen LogP contribution in [0, 0.1) is 0 Å². The molecule has 1 saturated heterocycles. The van der Waals surface area contributed by atoms with Gasteiger partial charge in [-0.05, 0) is 44.0 Å². The van der Waals surface area contributed by atoms with E-state index in [-0.39, 0.29) is 18.1 Å². The van der Waals surface area contributed by atoms with Crippen molar-refractivity contribution in [3.05, 3.63) is 42.2 Å². The van der Waals surface area contributed by atoms with Crippen molar-refractivity contribution in [2.24, 2.45) is 0 Å². The molecular weight excluding hydrogens is 316 g/mol. The molecule has 2 amide bonds. The highest BCUT2D eigenvalue weighted by Gasteiger charge is 2.20. The second-order valence-corrected chi connectivity index (χ2v) is 6.49. The summed E-state index contributed by atoms with van der Waals surface area (Å²) in [6, 6.07) is 8.07. The zero-order valence-corrected chi connectivity index (χ0v) is 14.9. The van der Waals surface area contributed by atoms with E-state index in [1.165, 1.54) is 0 Å². The lowest BCUT2D eigenvalue weighted by Crippen LogP contribution is -2.48. The Balaban J connectivity index is 1.50. The molecular formula is C18H26N6O. The number of hydrogen-bond acceptors (Lipinski definition) is 4. The van der Waals surface area contributed by atoms with E-state index in [1.54, 1.807) is 17.1 Å². The van der Waals surface area contributed by atoms with Crippen LogP contribution in [0.2, 0.25) is 0 Å². The summed E-state index contributed by atoms with van der Waals surface area (Å²) in [4.78, 5) is 14.7. The Hall–Kier alpha value is -2.41. The molecule has 1 aromatic carbocycles. The lowest BCUT2D eigenvalue weighted by Gasteiger charge is -2.31. The lowest BCUT2D eigenvalue weighted by molar-refractivity contribution is 0.197. The third kappa shape index (κ3) is 4.57. The van der Waals surface area contributed by atoms with Crippen LogP contribution in [0.5, 0.6) is 0 Å². The number of benzene rings is 1. The molecule has 134 valence electrons. The van der Waals surface area contributed by atoms with Crippen LogP contribution in [0.3, 0.4) is 0 Å². The van der Waals surface area contributed by atoms with Crippen LogP contribution in [-0.4, -0.2) is 51.6 Å². The van der Waals surface area contributed by atoms with Crippen LogP contribution in [0.1, 0.15) is 38.3 Å². The van der Waals surface area contributed by atoms with Gasteiger partial charge in [-0.3, -0.25) is 0 Å². The molecule has 7 heteroatoms. The van der Waals surface area contributed by atoms with Crippen LogP contribution in [-0.2, 0) is 0 Å². The van der Waals surface area contributed by atoms with Gasteiger partial charge in [-0.15, -0.1) is 5.10 Å². The van der Waals surface area contributed by atoms with Crippen LogP contribution in [0.4, 0.5) is 4.79 Å². The van der Waals surface area contributed by atoms with Crippen molar-refractivity contribution in [3.63, 3.8) is 0 Å². The number of likely N-dealkylation sites (tertiary alicyclic amines) is 1. The summed E-state index contributed by atoms with van der Waals surface area (Å²) < 4.78 is 1.71. The van der Waals surface area contributed by atoms with E-state index < -0.39 is 0 Å². The molecule has 2 N–H and O–H groups in total. The molecule has 2 heterocycles. The fraction of sp³-hybridized carbons (Fsp3) is 0.500. The van der Waals surface area contributed by atoms with Gasteiger partial charge in [0.05, 0.1) is 24.1 Å². The summed E-state index contributed by atoms with van der Waals surface area (Å²) in [5.74, 6) is 0. The third-order valence-electron chi connectivity index (χ3n) is 4.80. The molecule has 0 bridgehead atoms. The summed E-state index contributed by atoms with van der Waals surface area (Å²) in [7, 11) is 0. The maximum Gasteiger partial charge on any atom is 0.315 e. The Morgan fingerprint density at radius 2 is 2.00 bits per heavy atom. The zero-order chi connectivity index (χ0) is 17.6. The number of urea groups is 1. The molecule has 7 nitrogen and oxygen atoms in total. The number of hydrogen-bond donors (Lipinski definition) is 2. The molecule has 1 atom stereocenters. The van der Waals surface area contributed by atoms with Crippen molar-refractivity contribution in [1.82, 2.24) is 30.5 Å². The normalized spacial score (nSPS) is 17.2. The van der Waals surface area contributed by atoms with Gasteiger partial charge in [0.15, 0.2) is 0 Å². The molecule has 0 radical (unpaired) electrons. The maximum atomic E-state index is 12.2. The monoisotopic (exact) mass is 342 g/mol. The van der Waals surface area contributed by atoms with Crippen molar-refractivity contribution in [3.8, 4) is 5.69 Å². The van der Waals surface area contributed by atoms with E-state index in [0.29, 0.717) is 0 Å². The summed E-state index contributed by atoms with van der Waals surface area (Å²) in [5, 5.41) is 13.9. The molecule has 2 aromatic rings. The number of nitrogens with one attached hydrogen (secondary N) is 2. The first kappa shape index (κ1) is 17.4. The summed E-state index contributed by atoms with van der Waals surface area (Å²) >= 11 is 0. The van der Waals surface area contributed by atoms with E-state index in [9.17, 15) is 4.79 Å². The van der Waals surface area contributed by atoms with Crippen molar-refractivity contribution in [1.29, 1.82) is 0 Å².